The van der Waals surface area contributed by atoms with Crippen molar-refractivity contribution < 1.29 is 23.1 Å². The number of nitrogens with one attached hydrogen (secondary N) is 1. The minimum atomic E-state index is -3.26. The Bertz CT molecular complexity index is 662. The van der Waals surface area contributed by atoms with Crippen LogP contribution in [0.3, 0.4) is 0 Å². The van der Waals surface area contributed by atoms with Crippen LogP contribution in [0.1, 0.15) is 20.7 Å². The maximum Gasteiger partial charge on any atom is 0.336 e. The molecule has 100 valence electrons. The fourth-order valence-corrected chi connectivity index (χ4v) is 3.01. The lowest BCUT2D eigenvalue weighted by molar-refractivity contribution is 0.0690. The highest BCUT2D eigenvalue weighted by Gasteiger charge is 2.24. The number of hydrogen-bond acceptors (Lipinski definition) is 4. The van der Waals surface area contributed by atoms with Gasteiger partial charge in [-0.1, -0.05) is 12.1 Å². The molecule has 0 fully saturated rings. The van der Waals surface area contributed by atoms with Crippen molar-refractivity contribution >= 4 is 21.7 Å². The number of carbonyl (C=O) groups is 2. The Hall–Kier alpha value is -2.15. The second-order valence-corrected chi connectivity index (χ2v) is 6.02. The third kappa shape index (κ3) is 3.00. The third-order valence-electron chi connectivity index (χ3n) is 2.65. The van der Waals surface area contributed by atoms with E-state index in [4.69, 9.17) is 5.11 Å². The second kappa shape index (κ2) is 4.85. The highest BCUT2D eigenvalue weighted by Crippen LogP contribution is 2.12. The number of sulfone groups is 1. The molecule has 0 bridgehead atoms. The van der Waals surface area contributed by atoms with E-state index in [0.29, 0.717) is 0 Å². The van der Waals surface area contributed by atoms with Gasteiger partial charge in [0.2, 0.25) is 0 Å². The standard InChI is InChI=1S/C12H11NO5S/c14-11(13-8-5-6-19(17,18)7-8)9-3-1-2-4-10(9)12(15)16/h1-6,8H,7H2,(H,13,14)(H,15,16). The van der Waals surface area contributed by atoms with Gasteiger partial charge in [-0.3, -0.25) is 4.79 Å². The van der Waals surface area contributed by atoms with Crippen LogP contribution < -0.4 is 5.32 Å². The normalized spacial score (nSPS) is 20.1. The topological polar surface area (TPSA) is 101 Å². The lowest BCUT2D eigenvalue weighted by Crippen LogP contribution is -2.36. The molecule has 1 amide bonds. The average Bonchev–Trinajstić information content (AvgIpc) is 2.68. The summed E-state index contributed by atoms with van der Waals surface area (Å²) >= 11 is 0. The number of rotatable bonds is 3. The predicted molar refractivity (Wildman–Crippen MR) is 67.6 cm³/mol. The van der Waals surface area contributed by atoms with E-state index in [1.807, 2.05) is 0 Å². The fraction of sp³-hybridized carbons (Fsp3) is 0.167. The molecule has 1 aromatic rings. The molecular weight excluding hydrogens is 270 g/mol. The summed E-state index contributed by atoms with van der Waals surface area (Å²) in [5, 5.41) is 12.5. The lowest BCUT2D eigenvalue weighted by atomic mass is 10.1. The molecule has 0 saturated carbocycles. The van der Waals surface area contributed by atoms with Gasteiger partial charge in [0.25, 0.3) is 5.91 Å². The van der Waals surface area contributed by atoms with E-state index in [-0.39, 0.29) is 16.9 Å². The summed E-state index contributed by atoms with van der Waals surface area (Å²) in [5.41, 5.74) is -0.113. The summed E-state index contributed by atoms with van der Waals surface area (Å²) in [6.07, 6.45) is 1.37. The van der Waals surface area contributed by atoms with E-state index in [2.05, 4.69) is 5.32 Å². The van der Waals surface area contributed by atoms with Crippen LogP contribution in [0.2, 0.25) is 0 Å². The molecule has 2 N–H and O–H groups in total. The molecule has 1 aliphatic rings. The van der Waals surface area contributed by atoms with Gasteiger partial charge in [0.1, 0.15) is 0 Å². The summed E-state index contributed by atoms with van der Waals surface area (Å²) in [7, 11) is -3.26. The van der Waals surface area contributed by atoms with E-state index < -0.39 is 27.8 Å². The Labute approximate surface area is 109 Å². The first-order valence-corrected chi connectivity index (χ1v) is 7.15. The van der Waals surface area contributed by atoms with Crippen LogP contribution >= 0.6 is 0 Å². The Kier molecular flexibility index (Phi) is 3.39. The van der Waals surface area contributed by atoms with Gasteiger partial charge in [0.15, 0.2) is 9.84 Å². The van der Waals surface area contributed by atoms with E-state index in [0.717, 1.165) is 5.41 Å². The van der Waals surface area contributed by atoms with Crippen molar-refractivity contribution in [3.63, 3.8) is 0 Å². The van der Waals surface area contributed by atoms with Gasteiger partial charge in [0, 0.05) is 5.41 Å². The molecule has 1 heterocycles. The SMILES string of the molecule is O=C(O)c1ccccc1C(=O)NC1C=CS(=O)(=O)C1. The quantitative estimate of drug-likeness (QED) is 0.836. The van der Waals surface area contributed by atoms with Gasteiger partial charge in [0.05, 0.1) is 22.9 Å². The number of carboxylic acids is 1. The summed E-state index contributed by atoms with van der Waals surface area (Å²) in [6.45, 7) is 0. The number of hydrogen-bond donors (Lipinski definition) is 2. The van der Waals surface area contributed by atoms with Gasteiger partial charge in [-0.2, -0.15) is 0 Å². The van der Waals surface area contributed by atoms with Crippen LogP contribution in [-0.4, -0.2) is 37.2 Å². The van der Waals surface area contributed by atoms with Crippen LogP contribution in [0.4, 0.5) is 0 Å². The van der Waals surface area contributed by atoms with Crippen molar-refractivity contribution in [2.24, 2.45) is 0 Å². The molecule has 7 heteroatoms. The molecule has 0 radical (unpaired) electrons. The molecule has 0 spiro atoms. The zero-order valence-corrected chi connectivity index (χ0v) is 10.6. The van der Waals surface area contributed by atoms with Crippen molar-refractivity contribution in [1.29, 1.82) is 0 Å². The molecule has 19 heavy (non-hydrogen) atoms. The smallest absolute Gasteiger partial charge is 0.336 e. The van der Waals surface area contributed by atoms with E-state index in [1.165, 1.54) is 24.3 Å². The van der Waals surface area contributed by atoms with E-state index in [1.54, 1.807) is 6.07 Å². The molecule has 0 aromatic heterocycles. The van der Waals surface area contributed by atoms with Crippen LogP contribution in [0.5, 0.6) is 0 Å². The Morgan fingerprint density at radius 1 is 1.21 bits per heavy atom. The Balaban J connectivity index is 2.18. The molecule has 1 atom stereocenters. The van der Waals surface area contributed by atoms with Crippen LogP contribution in [-0.2, 0) is 9.84 Å². The maximum absolute atomic E-state index is 11.9. The molecule has 0 saturated heterocycles. The summed E-state index contributed by atoms with van der Waals surface area (Å²) < 4.78 is 22.4. The van der Waals surface area contributed by atoms with Gasteiger partial charge in [-0.05, 0) is 18.2 Å². The Morgan fingerprint density at radius 2 is 1.84 bits per heavy atom. The van der Waals surface area contributed by atoms with E-state index in [9.17, 15) is 18.0 Å². The number of amides is 1. The van der Waals surface area contributed by atoms with Crippen LogP contribution in [0.15, 0.2) is 35.7 Å². The monoisotopic (exact) mass is 281 g/mol. The summed E-state index contributed by atoms with van der Waals surface area (Å²) in [6, 6.07) is 5.13. The van der Waals surface area contributed by atoms with Gasteiger partial charge < -0.3 is 10.4 Å². The minimum Gasteiger partial charge on any atom is -0.478 e. The molecule has 1 aliphatic heterocycles. The van der Waals surface area contributed by atoms with E-state index >= 15 is 0 Å². The first-order valence-electron chi connectivity index (χ1n) is 5.43. The van der Waals surface area contributed by atoms with Gasteiger partial charge >= 0.3 is 5.97 Å². The van der Waals surface area contributed by atoms with Crippen LogP contribution in [0, 0.1) is 0 Å². The van der Waals surface area contributed by atoms with Crippen molar-refractivity contribution in [2.75, 3.05) is 5.75 Å². The predicted octanol–water partition coefficient (Wildman–Crippen LogP) is 0.425. The first-order chi connectivity index (χ1) is 8.89. The number of carboxylic acid groups (broad SMARTS) is 1. The highest BCUT2D eigenvalue weighted by molar-refractivity contribution is 7.94. The molecular formula is C12H11NO5S. The van der Waals surface area contributed by atoms with Crippen molar-refractivity contribution in [2.45, 2.75) is 6.04 Å². The number of aromatic carboxylic acids is 1. The largest absolute Gasteiger partial charge is 0.478 e. The Morgan fingerprint density at radius 3 is 2.37 bits per heavy atom. The zero-order valence-electron chi connectivity index (χ0n) is 9.74. The zero-order chi connectivity index (χ0) is 14.0. The molecule has 2 rings (SSSR count). The molecule has 0 aliphatic carbocycles. The van der Waals surface area contributed by atoms with Crippen molar-refractivity contribution in [3.8, 4) is 0 Å². The molecule has 6 nitrogen and oxygen atoms in total. The second-order valence-electron chi connectivity index (χ2n) is 4.09. The van der Waals surface area contributed by atoms with Crippen LogP contribution in [0.25, 0.3) is 0 Å². The summed E-state index contributed by atoms with van der Waals surface area (Å²) in [5.74, 6) is -2.02. The van der Waals surface area contributed by atoms with Gasteiger partial charge in [-0.15, -0.1) is 0 Å². The minimum absolute atomic E-state index is 0.00713. The fourth-order valence-electron chi connectivity index (χ4n) is 1.78. The number of benzene rings is 1. The third-order valence-corrected chi connectivity index (χ3v) is 4.04. The maximum atomic E-state index is 11.9. The van der Waals surface area contributed by atoms with Gasteiger partial charge in [-0.25, -0.2) is 13.2 Å². The average molecular weight is 281 g/mol. The number of carbonyl (C=O) groups excluding carboxylic acids is 1. The van der Waals surface area contributed by atoms with Crippen molar-refractivity contribution in [1.82, 2.24) is 5.32 Å². The molecule has 1 unspecified atom stereocenters. The summed E-state index contributed by atoms with van der Waals surface area (Å²) in [4.78, 5) is 22.9. The highest BCUT2D eigenvalue weighted by atomic mass is 32.2. The van der Waals surface area contributed by atoms with Crippen molar-refractivity contribution in [3.05, 3.63) is 46.9 Å². The lowest BCUT2D eigenvalue weighted by Gasteiger charge is -2.11. The molecule has 1 aromatic carbocycles. The first kappa shape index (κ1) is 13.3.